The standard InChI is InChI=1S/C23H18F5N5O2/c1-32(12-7-11-5-3-4-6-16(11)35-10-12)22-29-9-14-19(31-33(2)21(14)30-22)13-8-15(23(26,27)28)18(25)20(34)17(13)24/h3-6,8-9,12,34H,7,10H2,1-2H3/t12-/m1/s1. The van der Waals surface area contributed by atoms with Gasteiger partial charge in [-0.3, -0.25) is 0 Å². The van der Waals surface area contributed by atoms with Gasteiger partial charge in [-0.05, 0) is 24.1 Å². The number of likely N-dealkylation sites (N-methyl/N-ethyl adjacent to an activating group) is 1. The number of phenolic OH excluding ortho intramolecular Hbond substituents is 1. The lowest BCUT2D eigenvalue weighted by molar-refractivity contribution is -0.140. The highest BCUT2D eigenvalue weighted by atomic mass is 19.4. The van der Waals surface area contributed by atoms with E-state index in [-0.39, 0.29) is 28.8 Å². The molecule has 0 spiro atoms. The van der Waals surface area contributed by atoms with Crippen molar-refractivity contribution in [2.45, 2.75) is 18.6 Å². The summed E-state index contributed by atoms with van der Waals surface area (Å²) in [6.45, 7) is 0.395. The lowest BCUT2D eigenvalue weighted by Gasteiger charge is -2.32. The van der Waals surface area contributed by atoms with Gasteiger partial charge >= 0.3 is 6.18 Å². The van der Waals surface area contributed by atoms with E-state index in [9.17, 15) is 27.1 Å². The van der Waals surface area contributed by atoms with E-state index in [1.807, 2.05) is 29.2 Å². The summed E-state index contributed by atoms with van der Waals surface area (Å²) in [5, 5.41) is 13.9. The Morgan fingerprint density at radius 3 is 2.66 bits per heavy atom. The lowest BCUT2D eigenvalue weighted by atomic mass is 10.0. The molecule has 182 valence electrons. The van der Waals surface area contributed by atoms with Crippen LogP contribution in [0.3, 0.4) is 0 Å². The number of alkyl halides is 3. The largest absolute Gasteiger partial charge is 0.503 e. The molecule has 1 N–H and O–H groups in total. The Bertz CT molecular complexity index is 1450. The first-order chi connectivity index (χ1) is 16.6. The molecule has 12 heteroatoms. The molecule has 2 aromatic carbocycles. The van der Waals surface area contributed by atoms with Crippen molar-refractivity contribution in [3.63, 3.8) is 0 Å². The molecule has 0 bridgehead atoms. The summed E-state index contributed by atoms with van der Waals surface area (Å²) in [5.74, 6) is -4.26. The average molecular weight is 491 g/mol. The highest BCUT2D eigenvalue weighted by molar-refractivity contribution is 5.91. The van der Waals surface area contributed by atoms with Crippen LogP contribution in [-0.4, -0.2) is 44.6 Å². The van der Waals surface area contributed by atoms with Gasteiger partial charge in [0, 0.05) is 25.9 Å². The smallest absolute Gasteiger partial charge is 0.419 e. The lowest BCUT2D eigenvalue weighted by Crippen LogP contribution is -2.41. The van der Waals surface area contributed by atoms with Gasteiger partial charge in [0.2, 0.25) is 5.95 Å². The van der Waals surface area contributed by atoms with Gasteiger partial charge in [0.1, 0.15) is 18.1 Å². The number of ether oxygens (including phenoxy) is 1. The van der Waals surface area contributed by atoms with E-state index in [4.69, 9.17) is 4.74 Å². The minimum absolute atomic E-state index is 0.0871. The van der Waals surface area contributed by atoms with Gasteiger partial charge in [0.25, 0.3) is 0 Å². The Morgan fingerprint density at radius 2 is 1.91 bits per heavy atom. The highest BCUT2D eigenvalue weighted by Crippen LogP contribution is 2.41. The minimum Gasteiger partial charge on any atom is -0.503 e. The second kappa shape index (κ2) is 8.07. The van der Waals surface area contributed by atoms with Gasteiger partial charge in [0.05, 0.1) is 17.0 Å². The molecule has 1 aliphatic rings. The first-order valence-corrected chi connectivity index (χ1v) is 10.5. The third-order valence-corrected chi connectivity index (χ3v) is 6.03. The van der Waals surface area contributed by atoms with E-state index < -0.39 is 34.7 Å². The topological polar surface area (TPSA) is 76.3 Å². The van der Waals surface area contributed by atoms with Crippen molar-refractivity contribution in [1.29, 1.82) is 0 Å². The number of anilines is 1. The number of phenols is 1. The molecule has 0 saturated heterocycles. The number of para-hydroxylation sites is 1. The maximum atomic E-state index is 14.7. The van der Waals surface area contributed by atoms with Crippen LogP contribution >= 0.6 is 0 Å². The molecule has 0 aliphatic carbocycles. The SMILES string of the molecule is CN(c1ncc2c(-c3cc(C(F)(F)F)c(F)c(O)c3F)nn(C)c2n1)[C@H]1COc2ccccc2C1. The molecule has 0 fully saturated rings. The maximum absolute atomic E-state index is 14.7. The Morgan fingerprint density at radius 1 is 1.17 bits per heavy atom. The van der Waals surface area contributed by atoms with Gasteiger partial charge in [-0.1, -0.05) is 18.2 Å². The van der Waals surface area contributed by atoms with Crippen LogP contribution in [0.5, 0.6) is 11.5 Å². The first kappa shape index (κ1) is 22.8. The predicted octanol–water partition coefficient (Wildman–Crippen LogP) is 4.47. The number of fused-ring (bicyclic) bond motifs is 2. The molecule has 35 heavy (non-hydrogen) atoms. The molecular formula is C23H18F5N5O2. The Labute approximate surface area is 195 Å². The van der Waals surface area contributed by atoms with Crippen LogP contribution in [0.15, 0.2) is 36.5 Å². The van der Waals surface area contributed by atoms with Gasteiger partial charge < -0.3 is 14.7 Å². The van der Waals surface area contributed by atoms with Crippen molar-refractivity contribution in [2.24, 2.45) is 7.05 Å². The van der Waals surface area contributed by atoms with Crippen LogP contribution in [0.2, 0.25) is 0 Å². The molecule has 0 unspecified atom stereocenters. The number of benzene rings is 2. The van der Waals surface area contributed by atoms with E-state index in [1.165, 1.54) is 17.9 Å². The average Bonchev–Trinajstić information content (AvgIpc) is 3.16. The van der Waals surface area contributed by atoms with Crippen LogP contribution in [0.4, 0.5) is 27.9 Å². The predicted molar refractivity (Wildman–Crippen MR) is 116 cm³/mol. The summed E-state index contributed by atoms with van der Waals surface area (Å²) >= 11 is 0. The fourth-order valence-corrected chi connectivity index (χ4v) is 4.12. The normalized spacial score (nSPS) is 15.7. The van der Waals surface area contributed by atoms with Crippen molar-refractivity contribution in [2.75, 3.05) is 18.6 Å². The maximum Gasteiger partial charge on any atom is 0.419 e. The molecule has 2 aromatic heterocycles. The van der Waals surface area contributed by atoms with Crippen LogP contribution in [0, 0.1) is 11.6 Å². The number of hydrogen-bond donors (Lipinski definition) is 1. The quantitative estimate of drug-likeness (QED) is 0.426. The fraction of sp³-hybridized carbons (Fsp3) is 0.261. The van der Waals surface area contributed by atoms with Crippen molar-refractivity contribution in [1.82, 2.24) is 19.7 Å². The number of aryl methyl sites for hydroxylation is 1. The molecule has 1 atom stereocenters. The molecular weight excluding hydrogens is 473 g/mol. The molecule has 0 saturated carbocycles. The van der Waals surface area contributed by atoms with Crippen molar-refractivity contribution in [3.8, 4) is 22.8 Å². The van der Waals surface area contributed by atoms with Crippen molar-refractivity contribution >= 4 is 17.0 Å². The van der Waals surface area contributed by atoms with E-state index in [2.05, 4.69) is 15.1 Å². The van der Waals surface area contributed by atoms with Crippen molar-refractivity contribution < 1.29 is 31.8 Å². The number of hydrogen-bond acceptors (Lipinski definition) is 6. The molecule has 5 rings (SSSR count). The molecule has 4 aromatic rings. The van der Waals surface area contributed by atoms with Crippen LogP contribution in [0.25, 0.3) is 22.3 Å². The van der Waals surface area contributed by atoms with Crippen LogP contribution < -0.4 is 9.64 Å². The minimum atomic E-state index is -5.15. The number of aromatic hydroxyl groups is 1. The Balaban J connectivity index is 1.55. The van der Waals surface area contributed by atoms with E-state index in [1.54, 1.807) is 7.05 Å². The zero-order valence-electron chi connectivity index (χ0n) is 18.4. The third kappa shape index (κ3) is 3.78. The summed E-state index contributed by atoms with van der Waals surface area (Å²) in [6.07, 6.45) is -3.16. The summed E-state index contributed by atoms with van der Waals surface area (Å²) in [4.78, 5) is 10.6. The first-order valence-electron chi connectivity index (χ1n) is 10.5. The Kier molecular flexibility index (Phi) is 5.26. The second-order valence-electron chi connectivity index (χ2n) is 8.21. The monoisotopic (exact) mass is 491 g/mol. The van der Waals surface area contributed by atoms with Gasteiger partial charge in [-0.25, -0.2) is 18.4 Å². The summed E-state index contributed by atoms with van der Waals surface area (Å²) in [6, 6.07) is 7.86. The van der Waals surface area contributed by atoms with Crippen molar-refractivity contribution in [3.05, 3.63) is 59.3 Å². The van der Waals surface area contributed by atoms with E-state index in [0.29, 0.717) is 19.0 Å². The fourth-order valence-electron chi connectivity index (χ4n) is 4.12. The third-order valence-electron chi connectivity index (χ3n) is 6.03. The summed E-state index contributed by atoms with van der Waals surface area (Å²) in [5.41, 5.74) is -1.54. The molecule has 0 amide bonds. The zero-order chi connectivity index (χ0) is 25.1. The summed E-state index contributed by atoms with van der Waals surface area (Å²) in [7, 11) is 3.27. The number of nitrogens with zero attached hydrogens (tertiary/aromatic N) is 5. The number of halogens is 5. The van der Waals surface area contributed by atoms with E-state index >= 15 is 0 Å². The molecule has 0 radical (unpaired) electrons. The number of rotatable bonds is 3. The highest BCUT2D eigenvalue weighted by Gasteiger charge is 2.38. The molecule has 1 aliphatic heterocycles. The summed E-state index contributed by atoms with van der Waals surface area (Å²) < 4.78 is 75.4. The van der Waals surface area contributed by atoms with Crippen LogP contribution in [-0.2, 0) is 19.6 Å². The van der Waals surface area contributed by atoms with Crippen LogP contribution in [0.1, 0.15) is 11.1 Å². The zero-order valence-corrected chi connectivity index (χ0v) is 18.4. The van der Waals surface area contributed by atoms with Gasteiger partial charge in [0.15, 0.2) is 23.0 Å². The van der Waals surface area contributed by atoms with E-state index in [0.717, 1.165) is 11.3 Å². The number of aromatic nitrogens is 4. The van der Waals surface area contributed by atoms with Gasteiger partial charge in [-0.2, -0.15) is 23.3 Å². The molecule has 7 nitrogen and oxygen atoms in total. The Hall–Kier alpha value is -3.96. The van der Waals surface area contributed by atoms with Gasteiger partial charge in [-0.15, -0.1) is 0 Å². The second-order valence-corrected chi connectivity index (χ2v) is 8.21. The molecule has 3 heterocycles.